The zero-order chi connectivity index (χ0) is 10.2. The van der Waals surface area contributed by atoms with Crippen LogP contribution in [0.1, 0.15) is 30.9 Å². The van der Waals surface area contributed by atoms with E-state index in [9.17, 15) is 5.11 Å². The van der Waals surface area contributed by atoms with E-state index in [2.05, 4.69) is 11.4 Å². The number of rotatable bonds is 1. The van der Waals surface area contributed by atoms with Crippen molar-refractivity contribution >= 4 is 5.69 Å². The molecule has 1 unspecified atom stereocenters. The molecule has 1 atom stereocenters. The van der Waals surface area contributed by atoms with Crippen LogP contribution in [0.5, 0.6) is 0 Å². The maximum atomic E-state index is 10.2. The van der Waals surface area contributed by atoms with Gasteiger partial charge in [0.15, 0.2) is 0 Å². The molecule has 76 valence electrons. The Balaban J connectivity index is 2.55. The monoisotopic (exact) mass is 191 g/mol. The van der Waals surface area contributed by atoms with Crippen LogP contribution in [0.2, 0.25) is 0 Å². The maximum absolute atomic E-state index is 10.2. The molecule has 2 nitrogen and oxygen atoms in total. The SMILES string of the molecule is CNc1cccc2c1CCCC2(C)O. The van der Waals surface area contributed by atoms with Gasteiger partial charge in [0, 0.05) is 12.7 Å². The summed E-state index contributed by atoms with van der Waals surface area (Å²) in [4.78, 5) is 0. The Morgan fingerprint density at radius 1 is 1.43 bits per heavy atom. The number of benzene rings is 1. The first-order valence-electron chi connectivity index (χ1n) is 5.17. The molecule has 14 heavy (non-hydrogen) atoms. The van der Waals surface area contributed by atoms with E-state index in [1.54, 1.807) is 0 Å². The molecule has 1 aromatic rings. The number of anilines is 1. The first-order chi connectivity index (χ1) is 6.65. The standard InChI is InChI=1S/C12H17NO/c1-12(14)8-4-5-9-10(12)6-3-7-11(9)13-2/h3,6-7,13-14H,4-5,8H2,1-2H3. The van der Waals surface area contributed by atoms with E-state index in [1.165, 1.54) is 5.56 Å². The van der Waals surface area contributed by atoms with Crippen LogP contribution in [-0.2, 0) is 12.0 Å². The first kappa shape index (κ1) is 9.53. The summed E-state index contributed by atoms with van der Waals surface area (Å²) in [7, 11) is 1.93. The maximum Gasteiger partial charge on any atom is 0.0872 e. The second-order valence-electron chi connectivity index (χ2n) is 4.21. The van der Waals surface area contributed by atoms with Gasteiger partial charge < -0.3 is 10.4 Å². The number of hydrogen-bond donors (Lipinski definition) is 2. The van der Waals surface area contributed by atoms with E-state index < -0.39 is 5.60 Å². The second kappa shape index (κ2) is 3.28. The molecule has 0 fully saturated rings. The van der Waals surface area contributed by atoms with Crippen molar-refractivity contribution in [1.82, 2.24) is 0 Å². The lowest BCUT2D eigenvalue weighted by Gasteiger charge is -2.32. The van der Waals surface area contributed by atoms with Gasteiger partial charge in [-0.3, -0.25) is 0 Å². The van der Waals surface area contributed by atoms with E-state index in [0.29, 0.717) is 0 Å². The molecule has 0 radical (unpaired) electrons. The lowest BCUT2D eigenvalue weighted by molar-refractivity contribution is 0.0388. The molecule has 0 amide bonds. The summed E-state index contributed by atoms with van der Waals surface area (Å²) in [6, 6.07) is 6.11. The highest BCUT2D eigenvalue weighted by atomic mass is 16.3. The van der Waals surface area contributed by atoms with Gasteiger partial charge in [0.1, 0.15) is 0 Å². The predicted molar refractivity (Wildman–Crippen MR) is 58.5 cm³/mol. The molecule has 0 heterocycles. The summed E-state index contributed by atoms with van der Waals surface area (Å²) < 4.78 is 0. The molecule has 0 aliphatic heterocycles. The fourth-order valence-corrected chi connectivity index (χ4v) is 2.34. The van der Waals surface area contributed by atoms with Crippen LogP contribution in [0.15, 0.2) is 18.2 Å². The molecule has 0 saturated carbocycles. The number of nitrogens with one attached hydrogen (secondary N) is 1. The third kappa shape index (κ3) is 1.40. The summed E-state index contributed by atoms with van der Waals surface area (Å²) in [6.07, 6.45) is 3.01. The summed E-state index contributed by atoms with van der Waals surface area (Å²) in [5.74, 6) is 0. The van der Waals surface area contributed by atoms with E-state index in [-0.39, 0.29) is 0 Å². The highest BCUT2D eigenvalue weighted by Crippen LogP contribution is 2.37. The van der Waals surface area contributed by atoms with E-state index in [1.807, 2.05) is 26.1 Å². The molecule has 1 aromatic carbocycles. The second-order valence-corrected chi connectivity index (χ2v) is 4.21. The van der Waals surface area contributed by atoms with Gasteiger partial charge in [-0.1, -0.05) is 12.1 Å². The first-order valence-corrected chi connectivity index (χ1v) is 5.17. The third-order valence-corrected chi connectivity index (χ3v) is 3.12. The van der Waals surface area contributed by atoms with Crippen molar-refractivity contribution in [1.29, 1.82) is 0 Å². The van der Waals surface area contributed by atoms with E-state index >= 15 is 0 Å². The van der Waals surface area contributed by atoms with Crippen molar-refractivity contribution < 1.29 is 5.11 Å². The minimum absolute atomic E-state index is 0.638. The molecule has 2 heteroatoms. The van der Waals surface area contributed by atoms with Gasteiger partial charge in [0.05, 0.1) is 5.60 Å². The predicted octanol–water partition coefficient (Wildman–Crippen LogP) is 2.27. The molecule has 1 aliphatic carbocycles. The Morgan fingerprint density at radius 3 is 2.93 bits per heavy atom. The molecular formula is C12H17NO. The van der Waals surface area contributed by atoms with E-state index in [0.717, 1.165) is 30.5 Å². The summed E-state index contributed by atoms with van der Waals surface area (Å²) in [5.41, 5.74) is 2.89. The van der Waals surface area contributed by atoms with Crippen LogP contribution < -0.4 is 5.32 Å². The number of hydrogen-bond acceptors (Lipinski definition) is 2. The Hall–Kier alpha value is -1.02. The fraction of sp³-hybridized carbons (Fsp3) is 0.500. The minimum atomic E-state index is -0.638. The van der Waals surface area contributed by atoms with Crippen LogP contribution in [0.25, 0.3) is 0 Å². The van der Waals surface area contributed by atoms with Gasteiger partial charge in [-0.2, -0.15) is 0 Å². The lowest BCUT2D eigenvalue weighted by atomic mass is 9.80. The molecule has 2 N–H and O–H groups in total. The van der Waals surface area contributed by atoms with E-state index in [4.69, 9.17) is 0 Å². The zero-order valence-corrected chi connectivity index (χ0v) is 8.80. The van der Waals surface area contributed by atoms with Crippen LogP contribution in [-0.4, -0.2) is 12.2 Å². The van der Waals surface area contributed by atoms with Crippen molar-refractivity contribution in [3.63, 3.8) is 0 Å². The van der Waals surface area contributed by atoms with Crippen molar-refractivity contribution in [2.24, 2.45) is 0 Å². The smallest absolute Gasteiger partial charge is 0.0872 e. The molecule has 1 aliphatic rings. The van der Waals surface area contributed by atoms with Crippen LogP contribution in [0.3, 0.4) is 0 Å². The topological polar surface area (TPSA) is 32.3 Å². The van der Waals surface area contributed by atoms with Gasteiger partial charge in [0.2, 0.25) is 0 Å². The van der Waals surface area contributed by atoms with Crippen LogP contribution in [0, 0.1) is 0 Å². The lowest BCUT2D eigenvalue weighted by Crippen LogP contribution is -2.27. The Labute approximate surface area is 85.0 Å². The quantitative estimate of drug-likeness (QED) is 0.713. The third-order valence-electron chi connectivity index (χ3n) is 3.12. The van der Waals surface area contributed by atoms with Crippen LogP contribution in [0.4, 0.5) is 5.69 Å². The average molecular weight is 191 g/mol. The van der Waals surface area contributed by atoms with Gasteiger partial charge >= 0.3 is 0 Å². The normalized spacial score (nSPS) is 25.6. The summed E-state index contributed by atoms with van der Waals surface area (Å²) >= 11 is 0. The molecule has 0 saturated heterocycles. The highest BCUT2D eigenvalue weighted by Gasteiger charge is 2.30. The van der Waals surface area contributed by atoms with Crippen LogP contribution >= 0.6 is 0 Å². The average Bonchev–Trinajstić information content (AvgIpc) is 2.17. The molecule has 0 spiro atoms. The Morgan fingerprint density at radius 2 is 2.21 bits per heavy atom. The van der Waals surface area contributed by atoms with Gasteiger partial charge in [0.25, 0.3) is 0 Å². The fourth-order valence-electron chi connectivity index (χ4n) is 2.34. The van der Waals surface area contributed by atoms with Crippen molar-refractivity contribution in [3.05, 3.63) is 29.3 Å². The molecular weight excluding hydrogens is 174 g/mol. The van der Waals surface area contributed by atoms with Gasteiger partial charge in [-0.25, -0.2) is 0 Å². The van der Waals surface area contributed by atoms with Crippen molar-refractivity contribution in [2.45, 2.75) is 31.8 Å². The van der Waals surface area contributed by atoms with Gasteiger partial charge in [-0.15, -0.1) is 0 Å². The molecule has 2 rings (SSSR count). The summed E-state index contributed by atoms with van der Waals surface area (Å²) in [5, 5.41) is 13.4. The van der Waals surface area contributed by atoms with Gasteiger partial charge in [-0.05, 0) is 43.4 Å². The Kier molecular flexibility index (Phi) is 2.23. The minimum Gasteiger partial charge on any atom is -0.388 e. The number of aliphatic hydroxyl groups is 1. The van der Waals surface area contributed by atoms with Crippen molar-refractivity contribution in [3.8, 4) is 0 Å². The summed E-state index contributed by atoms with van der Waals surface area (Å²) in [6.45, 7) is 1.91. The highest BCUT2D eigenvalue weighted by molar-refractivity contribution is 5.56. The molecule has 0 bridgehead atoms. The Bertz CT molecular complexity index is 344. The zero-order valence-electron chi connectivity index (χ0n) is 8.80. The molecule has 0 aromatic heterocycles. The number of fused-ring (bicyclic) bond motifs is 1. The largest absolute Gasteiger partial charge is 0.388 e. The van der Waals surface area contributed by atoms with Crippen molar-refractivity contribution in [2.75, 3.05) is 12.4 Å².